The van der Waals surface area contributed by atoms with Crippen LogP contribution in [0.5, 0.6) is 0 Å². The lowest BCUT2D eigenvalue weighted by molar-refractivity contribution is 0.100. The van der Waals surface area contributed by atoms with Gasteiger partial charge in [0, 0.05) is 15.4 Å². The molecule has 0 aliphatic carbocycles. The number of para-hydroxylation sites is 1. The van der Waals surface area contributed by atoms with Crippen LogP contribution in [0.4, 0.5) is 0 Å². The third kappa shape index (κ3) is 2.08. The fourth-order valence-electron chi connectivity index (χ4n) is 2.08. The number of halogens is 1. The van der Waals surface area contributed by atoms with Crippen LogP contribution in [0.15, 0.2) is 57.4 Å². The van der Waals surface area contributed by atoms with E-state index >= 15 is 0 Å². The highest BCUT2D eigenvalue weighted by Gasteiger charge is 2.21. The number of furan rings is 1. The first-order valence-electron chi connectivity index (χ1n) is 5.97. The van der Waals surface area contributed by atoms with Crippen molar-refractivity contribution < 1.29 is 14.0 Å². The van der Waals surface area contributed by atoms with Crippen molar-refractivity contribution in [2.75, 3.05) is 0 Å². The highest BCUT2D eigenvalue weighted by Crippen LogP contribution is 2.26. The molecule has 0 amide bonds. The van der Waals surface area contributed by atoms with Crippen molar-refractivity contribution in [1.82, 2.24) is 0 Å². The monoisotopic (exact) mass is 328 g/mol. The molecule has 3 nitrogen and oxygen atoms in total. The van der Waals surface area contributed by atoms with E-state index in [1.54, 1.807) is 48.5 Å². The molecular weight excluding hydrogens is 320 g/mol. The normalized spacial score (nSPS) is 10.7. The third-order valence-corrected chi connectivity index (χ3v) is 3.59. The summed E-state index contributed by atoms with van der Waals surface area (Å²) in [6, 6.07) is 14.0. The van der Waals surface area contributed by atoms with Gasteiger partial charge in [0.2, 0.25) is 5.78 Å². The summed E-state index contributed by atoms with van der Waals surface area (Å²) in [4.78, 5) is 23.7. The zero-order valence-corrected chi connectivity index (χ0v) is 11.9. The minimum Gasteiger partial charge on any atom is -0.452 e. The predicted molar refractivity (Wildman–Crippen MR) is 79.2 cm³/mol. The van der Waals surface area contributed by atoms with Gasteiger partial charge in [-0.2, -0.15) is 0 Å². The molecule has 0 unspecified atom stereocenters. The van der Waals surface area contributed by atoms with E-state index in [9.17, 15) is 9.59 Å². The lowest BCUT2D eigenvalue weighted by atomic mass is 10.0. The Bertz CT molecular complexity index is 800. The maximum absolute atomic E-state index is 12.4. The standard InChI is InChI=1S/C16H9BrO3/c17-11-7-5-10(6-8-11)15(19)16-13(9-18)12-3-1-2-4-14(12)20-16/h1-9H. The summed E-state index contributed by atoms with van der Waals surface area (Å²) in [6.07, 6.45) is 0.665. The van der Waals surface area contributed by atoms with Gasteiger partial charge in [-0.1, -0.05) is 34.1 Å². The van der Waals surface area contributed by atoms with E-state index in [4.69, 9.17) is 4.42 Å². The number of hydrogen-bond donors (Lipinski definition) is 0. The molecule has 0 radical (unpaired) electrons. The van der Waals surface area contributed by atoms with E-state index in [2.05, 4.69) is 15.9 Å². The lowest BCUT2D eigenvalue weighted by Crippen LogP contribution is -2.02. The molecule has 0 fully saturated rings. The molecular formula is C16H9BrO3. The fourth-order valence-corrected chi connectivity index (χ4v) is 2.35. The van der Waals surface area contributed by atoms with Crippen molar-refractivity contribution >= 4 is 39.0 Å². The van der Waals surface area contributed by atoms with Gasteiger partial charge in [-0.25, -0.2) is 0 Å². The largest absolute Gasteiger partial charge is 0.452 e. The maximum atomic E-state index is 12.4. The van der Waals surface area contributed by atoms with Gasteiger partial charge in [-0.15, -0.1) is 0 Å². The van der Waals surface area contributed by atoms with Gasteiger partial charge in [0.25, 0.3) is 0 Å². The van der Waals surface area contributed by atoms with Gasteiger partial charge in [0.15, 0.2) is 12.0 Å². The first-order chi connectivity index (χ1) is 9.70. The average Bonchev–Trinajstić information content (AvgIpc) is 2.85. The first kappa shape index (κ1) is 12.8. The highest BCUT2D eigenvalue weighted by atomic mass is 79.9. The molecule has 1 aromatic heterocycles. The molecule has 0 spiro atoms. The summed E-state index contributed by atoms with van der Waals surface area (Å²) in [5, 5.41) is 0.656. The molecule has 98 valence electrons. The minimum atomic E-state index is -0.296. The lowest BCUT2D eigenvalue weighted by Gasteiger charge is -1.98. The molecule has 3 aromatic rings. The summed E-state index contributed by atoms with van der Waals surface area (Å²) >= 11 is 3.32. The van der Waals surface area contributed by atoms with Gasteiger partial charge in [0.1, 0.15) is 5.58 Å². The van der Waals surface area contributed by atoms with E-state index in [0.717, 1.165) is 4.47 Å². The number of benzene rings is 2. The Balaban J connectivity index is 2.16. The molecule has 1 heterocycles. The van der Waals surface area contributed by atoms with E-state index < -0.39 is 0 Å². The molecule has 2 aromatic carbocycles. The van der Waals surface area contributed by atoms with Crippen LogP contribution in [0, 0.1) is 0 Å². The Hall–Kier alpha value is -2.20. The molecule has 20 heavy (non-hydrogen) atoms. The Morgan fingerprint density at radius 2 is 1.75 bits per heavy atom. The Morgan fingerprint density at radius 1 is 1.05 bits per heavy atom. The number of carbonyl (C=O) groups is 2. The van der Waals surface area contributed by atoms with Crippen LogP contribution in [0.3, 0.4) is 0 Å². The van der Waals surface area contributed by atoms with E-state index in [1.807, 2.05) is 0 Å². The topological polar surface area (TPSA) is 47.3 Å². The van der Waals surface area contributed by atoms with E-state index in [0.29, 0.717) is 28.4 Å². The molecule has 3 rings (SSSR count). The van der Waals surface area contributed by atoms with Gasteiger partial charge >= 0.3 is 0 Å². The van der Waals surface area contributed by atoms with Crippen LogP contribution in [-0.2, 0) is 0 Å². The van der Waals surface area contributed by atoms with Gasteiger partial charge in [-0.3, -0.25) is 9.59 Å². The van der Waals surface area contributed by atoms with Crippen LogP contribution >= 0.6 is 15.9 Å². The molecule has 0 saturated heterocycles. The number of carbonyl (C=O) groups excluding carboxylic acids is 2. The summed E-state index contributed by atoms with van der Waals surface area (Å²) in [6.45, 7) is 0. The zero-order valence-electron chi connectivity index (χ0n) is 10.3. The molecule has 0 saturated carbocycles. The highest BCUT2D eigenvalue weighted by molar-refractivity contribution is 9.10. The molecule has 0 bridgehead atoms. The number of aldehydes is 1. The Labute approximate surface area is 123 Å². The zero-order chi connectivity index (χ0) is 14.1. The third-order valence-electron chi connectivity index (χ3n) is 3.06. The maximum Gasteiger partial charge on any atom is 0.228 e. The summed E-state index contributed by atoms with van der Waals surface area (Å²) in [5.41, 5.74) is 1.32. The number of rotatable bonds is 3. The molecule has 4 heteroatoms. The molecule has 0 N–H and O–H groups in total. The predicted octanol–water partition coefficient (Wildman–Crippen LogP) is 4.24. The number of ketones is 1. The number of fused-ring (bicyclic) bond motifs is 1. The van der Waals surface area contributed by atoms with Crippen LogP contribution in [0.1, 0.15) is 26.5 Å². The van der Waals surface area contributed by atoms with Crippen molar-refractivity contribution in [1.29, 1.82) is 0 Å². The second kappa shape index (κ2) is 5.06. The van der Waals surface area contributed by atoms with E-state index in [-0.39, 0.29) is 11.5 Å². The van der Waals surface area contributed by atoms with Crippen LogP contribution in [0.25, 0.3) is 11.0 Å². The number of hydrogen-bond acceptors (Lipinski definition) is 3. The molecule has 0 aliphatic heterocycles. The van der Waals surface area contributed by atoms with Crippen molar-refractivity contribution in [2.45, 2.75) is 0 Å². The van der Waals surface area contributed by atoms with Crippen LogP contribution in [0.2, 0.25) is 0 Å². The summed E-state index contributed by atoms with van der Waals surface area (Å²) < 4.78 is 6.43. The molecule has 0 aliphatic rings. The smallest absolute Gasteiger partial charge is 0.228 e. The van der Waals surface area contributed by atoms with Crippen molar-refractivity contribution in [2.24, 2.45) is 0 Å². The Kier molecular flexibility index (Phi) is 3.24. The fraction of sp³-hybridized carbons (Fsp3) is 0. The first-order valence-corrected chi connectivity index (χ1v) is 6.77. The Morgan fingerprint density at radius 3 is 2.45 bits per heavy atom. The quantitative estimate of drug-likeness (QED) is 0.533. The second-order valence-corrected chi connectivity index (χ2v) is 5.21. The van der Waals surface area contributed by atoms with Gasteiger partial charge < -0.3 is 4.42 Å². The SMILES string of the molecule is O=Cc1c(C(=O)c2ccc(Br)cc2)oc2ccccc12. The molecule has 0 atom stereocenters. The van der Waals surface area contributed by atoms with Gasteiger partial charge in [0.05, 0.1) is 5.56 Å². The minimum absolute atomic E-state index is 0.0866. The van der Waals surface area contributed by atoms with Gasteiger partial charge in [-0.05, 0) is 30.3 Å². The average molecular weight is 329 g/mol. The summed E-state index contributed by atoms with van der Waals surface area (Å²) in [5.74, 6) is -0.209. The van der Waals surface area contributed by atoms with Crippen molar-refractivity contribution in [3.8, 4) is 0 Å². The van der Waals surface area contributed by atoms with E-state index in [1.165, 1.54) is 0 Å². The summed E-state index contributed by atoms with van der Waals surface area (Å²) in [7, 11) is 0. The second-order valence-electron chi connectivity index (χ2n) is 4.29. The van der Waals surface area contributed by atoms with Crippen LogP contribution in [-0.4, -0.2) is 12.1 Å². The van der Waals surface area contributed by atoms with Crippen molar-refractivity contribution in [3.63, 3.8) is 0 Å². The van der Waals surface area contributed by atoms with Crippen molar-refractivity contribution in [3.05, 3.63) is 69.9 Å². The van der Waals surface area contributed by atoms with Crippen LogP contribution < -0.4 is 0 Å².